The quantitative estimate of drug-likeness (QED) is 0.857. The lowest BCUT2D eigenvalue weighted by Crippen LogP contribution is -2.44. The highest BCUT2D eigenvalue weighted by Gasteiger charge is 2.47. The second-order valence-corrected chi connectivity index (χ2v) is 4.80. The van der Waals surface area contributed by atoms with Crippen LogP contribution in [0.25, 0.3) is 0 Å². The molecular formula is C12H9ClF3N3O3. The van der Waals surface area contributed by atoms with E-state index in [9.17, 15) is 22.8 Å². The summed E-state index contributed by atoms with van der Waals surface area (Å²) < 4.78 is 38.6. The number of likely N-dealkylation sites (N-methyl/N-ethyl adjacent to an activating group) is 1. The molecule has 1 N–H and O–H groups in total. The van der Waals surface area contributed by atoms with E-state index in [4.69, 9.17) is 16.7 Å². The molecule has 1 heterocycles. The maximum absolute atomic E-state index is 12.9. The normalized spacial score (nSPS) is 18.4. The first-order valence-electron chi connectivity index (χ1n) is 5.83. The number of halogens is 4. The molecule has 118 valence electrons. The molecule has 0 saturated carbocycles. The first kappa shape index (κ1) is 16.1. The summed E-state index contributed by atoms with van der Waals surface area (Å²) in [7, 11) is 1.07. The molecule has 0 aromatic heterocycles. The second kappa shape index (κ2) is 5.48. The van der Waals surface area contributed by atoms with Crippen LogP contribution >= 0.6 is 11.6 Å². The van der Waals surface area contributed by atoms with Gasteiger partial charge in [-0.3, -0.25) is 4.79 Å². The number of alkyl halides is 3. The summed E-state index contributed by atoms with van der Waals surface area (Å²) in [5.74, 6) is -2.60. The van der Waals surface area contributed by atoms with Crippen LogP contribution in [0.4, 0.5) is 18.9 Å². The fourth-order valence-corrected chi connectivity index (χ4v) is 2.16. The maximum atomic E-state index is 12.9. The van der Waals surface area contributed by atoms with Crippen LogP contribution < -0.4 is 5.01 Å². The fourth-order valence-electron chi connectivity index (χ4n) is 1.96. The van der Waals surface area contributed by atoms with Gasteiger partial charge in [0.15, 0.2) is 12.5 Å². The van der Waals surface area contributed by atoms with Gasteiger partial charge in [-0.25, -0.2) is 9.80 Å². The van der Waals surface area contributed by atoms with E-state index in [1.54, 1.807) is 0 Å². The highest BCUT2D eigenvalue weighted by molar-refractivity contribution is 6.33. The van der Waals surface area contributed by atoms with Crippen LogP contribution in [0, 0.1) is 0 Å². The molecule has 1 unspecified atom stereocenters. The van der Waals surface area contributed by atoms with Gasteiger partial charge in [0.25, 0.3) is 0 Å². The van der Waals surface area contributed by atoms with Gasteiger partial charge in [0.2, 0.25) is 5.84 Å². The Bertz CT molecular complexity index is 663. The average molecular weight is 336 g/mol. The van der Waals surface area contributed by atoms with Crippen LogP contribution in [-0.2, 0) is 4.79 Å². The molecule has 0 amide bonds. The van der Waals surface area contributed by atoms with Gasteiger partial charge in [-0.15, -0.1) is 5.10 Å². The summed E-state index contributed by atoms with van der Waals surface area (Å²) in [6.45, 7) is 0. The standard InChI is InChI=1S/C12H9ClF3N3O3/c1-18-9(5-20)19(17-11(18)12(14,15)16)6-2-3-8(13)7(4-6)10(21)22/h2-5,9H,1H3,(H,21,22). The minimum Gasteiger partial charge on any atom is -0.478 e. The van der Waals surface area contributed by atoms with Gasteiger partial charge in [-0.05, 0) is 18.2 Å². The molecule has 0 radical (unpaired) electrons. The number of rotatable bonds is 3. The Morgan fingerprint density at radius 3 is 2.59 bits per heavy atom. The number of nitrogens with zero attached hydrogens (tertiary/aromatic N) is 3. The van der Waals surface area contributed by atoms with Crippen molar-refractivity contribution in [3.8, 4) is 0 Å². The molecule has 1 aliphatic rings. The van der Waals surface area contributed by atoms with Crippen molar-refractivity contribution in [2.24, 2.45) is 5.10 Å². The van der Waals surface area contributed by atoms with Crippen molar-refractivity contribution in [1.82, 2.24) is 4.90 Å². The van der Waals surface area contributed by atoms with Crippen LogP contribution in [0.3, 0.4) is 0 Å². The summed E-state index contributed by atoms with van der Waals surface area (Å²) in [6.07, 6.45) is -5.80. The van der Waals surface area contributed by atoms with Gasteiger partial charge < -0.3 is 10.0 Å². The zero-order chi connectivity index (χ0) is 16.7. The number of hydrogen-bond acceptors (Lipinski definition) is 5. The largest absolute Gasteiger partial charge is 0.478 e. The molecule has 1 aromatic carbocycles. The molecule has 0 aliphatic carbocycles. The SMILES string of the molecule is CN1C(C(F)(F)F)=NN(c2ccc(Cl)c(C(=O)O)c2)C1C=O. The van der Waals surface area contributed by atoms with Crippen molar-refractivity contribution >= 4 is 35.4 Å². The number of aldehydes is 1. The third-order valence-electron chi connectivity index (χ3n) is 3.00. The van der Waals surface area contributed by atoms with Gasteiger partial charge in [0.1, 0.15) is 0 Å². The minimum atomic E-state index is -4.74. The van der Waals surface area contributed by atoms with Gasteiger partial charge in [0, 0.05) is 7.05 Å². The van der Waals surface area contributed by atoms with Gasteiger partial charge in [-0.1, -0.05) is 11.6 Å². The Labute approximate surface area is 127 Å². The molecule has 10 heteroatoms. The van der Waals surface area contributed by atoms with Crippen molar-refractivity contribution in [2.75, 3.05) is 12.1 Å². The fraction of sp³-hybridized carbons (Fsp3) is 0.250. The van der Waals surface area contributed by atoms with Crippen LogP contribution in [0.5, 0.6) is 0 Å². The lowest BCUT2D eigenvalue weighted by molar-refractivity contribution is -0.111. The van der Waals surface area contributed by atoms with E-state index in [-0.39, 0.29) is 22.6 Å². The number of carbonyl (C=O) groups excluding carboxylic acids is 1. The first-order chi connectivity index (χ1) is 10.2. The summed E-state index contributed by atoms with van der Waals surface area (Å²) in [6, 6.07) is 3.54. The van der Waals surface area contributed by atoms with Crippen molar-refractivity contribution in [1.29, 1.82) is 0 Å². The number of amidine groups is 1. The highest BCUT2D eigenvalue weighted by Crippen LogP contribution is 2.31. The number of carboxylic acids is 1. The summed E-state index contributed by atoms with van der Waals surface area (Å²) in [5, 5.41) is 13.1. The molecule has 0 fully saturated rings. The summed E-state index contributed by atoms with van der Waals surface area (Å²) in [5.41, 5.74) is -0.299. The molecule has 1 atom stereocenters. The molecule has 2 rings (SSSR count). The van der Waals surface area contributed by atoms with E-state index in [2.05, 4.69) is 5.10 Å². The Kier molecular flexibility index (Phi) is 4.01. The third kappa shape index (κ3) is 2.71. The maximum Gasteiger partial charge on any atom is 0.451 e. The van der Waals surface area contributed by atoms with Crippen LogP contribution in [0.2, 0.25) is 5.02 Å². The van der Waals surface area contributed by atoms with Crippen LogP contribution in [-0.4, -0.2) is 47.5 Å². The topological polar surface area (TPSA) is 73.2 Å². The number of hydrazone groups is 1. The molecule has 22 heavy (non-hydrogen) atoms. The second-order valence-electron chi connectivity index (χ2n) is 4.40. The number of hydrogen-bond donors (Lipinski definition) is 1. The van der Waals surface area contributed by atoms with E-state index in [0.717, 1.165) is 18.1 Å². The number of aromatic carboxylic acids is 1. The highest BCUT2D eigenvalue weighted by atomic mass is 35.5. The molecule has 0 saturated heterocycles. The van der Waals surface area contributed by atoms with E-state index < -0.39 is 24.1 Å². The molecule has 1 aliphatic heterocycles. The lowest BCUT2D eigenvalue weighted by atomic mass is 10.2. The Balaban J connectivity index is 2.51. The van der Waals surface area contributed by atoms with E-state index >= 15 is 0 Å². The van der Waals surface area contributed by atoms with Gasteiger partial charge >= 0.3 is 12.1 Å². The molecule has 6 nitrogen and oxygen atoms in total. The van der Waals surface area contributed by atoms with E-state index in [0.29, 0.717) is 4.90 Å². The van der Waals surface area contributed by atoms with Crippen LogP contribution in [0.15, 0.2) is 23.3 Å². The zero-order valence-electron chi connectivity index (χ0n) is 11.0. The monoisotopic (exact) mass is 335 g/mol. The predicted octanol–water partition coefficient (Wildman–Crippen LogP) is 2.19. The van der Waals surface area contributed by atoms with Crippen LogP contribution in [0.1, 0.15) is 10.4 Å². The van der Waals surface area contributed by atoms with Gasteiger partial charge in [0.05, 0.1) is 16.3 Å². The number of carbonyl (C=O) groups is 2. The van der Waals surface area contributed by atoms with E-state index in [1.165, 1.54) is 12.1 Å². The predicted molar refractivity (Wildman–Crippen MR) is 72.0 cm³/mol. The third-order valence-corrected chi connectivity index (χ3v) is 3.33. The number of benzene rings is 1. The smallest absolute Gasteiger partial charge is 0.451 e. The molecule has 1 aromatic rings. The van der Waals surface area contributed by atoms with E-state index in [1.807, 2.05) is 0 Å². The molecular weight excluding hydrogens is 327 g/mol. The van der Waals surface area contributed by atoms with Crippen molar-refractivity contribution in [2.45, 2.75) is 12.3 Å². The Morgan fingerprint density at radius 2 is 2.09 bits per heavy atom. The van der Waals surface area contributed by atoms with Crippen molar-refractivity contribution < 1.29 is 27.9 Å². The Hall–Kier alpha value is -2.29. The molecule has 0 spiro atoms. The Morgan fingerprint density at radius 1 is 1.45 bits per heavy atom. The summed E-state index contributed by atoms with van der Waals surface area (Å²) >= 11 is 5.70. The van der Waals surface area contributed by atoms with Crippen molar-refractivity contribution in [3.05, 3.63) is 28.8 Å². The first-order valence-corrected chi connectivity index (χ1v) is 6.20. The molecule has 0 bridgehead atoms. The average Bonchev–Trinajstić information content (AvgIpc) is 2.75. The number of carboxylic acid groups (broad SMARTS) is 1. The van der Waals surface area contributed by atoms with Crippen molar-refractivity contribution in [3.63, 3.8) is 0 Å². The van der Waals surface area contributed by atoms with Gasteiger partial charge in [-0.2, -0.15) is 13.2 Å². The number of anilines is 1. The summed E-state index contributed by atoms with van der Waals surface area (Å²) in [4.78, 5) is 22.8. The minimum absolute atomic E-state index is 0.00463. The zero-order valence-corrected chi connectivity index (χ0v) is 11.8. The lowest BCUT2D eigenvalue weighted by Gasteiger charge is -2.24.